The lowest BCUT2D eigenvalue weighted by atomic mass is 10.0. The van der Waals surface area contributed by atoms with Crippen LogP contribution >= 0.6 is 0 Å². The Bertz CT molecular complexity index is 651. The van der Waals surface area contributed by atoms with E-state index in [2.05, 4.69) is 4.98 Å². The van der Waals surface area contributed by atoms with Crippen molar-refractivity contribution in [3.05, 3.63) is 35.5 Å². The molecule has 5 nitrogen and oxygen atoms in total. The van der Waals surface area contributed by atoms with Crippen LogP contribution in [0.1, 0.15) is 30.7 Å². The first-order valence-corrected chi connectivity index (χ1v) is 5.95. The van der Waals surface area contributed by atoms with Crippen LogP contribution in [0.4, 0.5) is 0 Å². The van der Waals surface area contributed by atoms with Crippen LogP contribution in [0.25, 0.3) is 10.9 Å². The van der Waals surface area contributed by atoms with E-state index in [0.29, 0.717) is 11.3 Å². The quantitative estimate of drug-likeness (QED) is 0.714. The summed E-state index contributed by atoms with van der Waals surface area (Å²) in [5.41, 5.74) is 7.34. The van der Waals surface area contributed by atoms with Crippen molar-refractivity contribution in [2.75, 3.05) is 0 Å². The third-order valence-corrected chi connectivity index (χ3v) is 3.06. The molecule has 0 aliphatic rings. The van der Waals surface area contributed by atoms with Crippen LogP contribution in [0.3, 0.4) is 0 Å². The maximum Gasteiger partial charge on any atom is 0.320 e. The lowest BCUT2D eigenvalue weighted by Gasteiger charge is -2.07. The largest absolute Gasteiger partial charge is 0.480 e. The van der Waals surface area contributed by atoms with Crippen molar-refractivity contribution in [1.82, 2.24) is 4.98 Å². The summed E-state index contributed by atoms with van der Waals surface area (Å²) in [5, 5.41) is 9.74. The predicted octanol–water partition coefficient (Wildman–Crippen LogP) is 1.71. The Morgan fingerprint density at radius 2 is 2.21 bits per heavy atom. The molecule has 0 fully saturated rings. The minimum absolute atomic E-state index is 0.00137. The molecule has 0 bridgehead atoms. The number of carbonyl (C=O) groups excluding carboxylic acids is 1. The first-order chi connectivity index (χ1) is 9.54. The third-order valence-electron chi connectivity index (χ3n) is 3.06. The van der Waals surface area contributed by atoms with Crippen molar-refractivity contribution in [1.29, 1.82) is 0 Å². The molecule has 0 saturated carbocycles. The molecule has 0 saturated heterocycles. The van der Waals surface area contributed by atoms with E-state index in [1.165, 1.54) is 0 Å². The Balaban J connectivity index is 2.49. The van der Waals surface area contributed by atoms with Crippen LogP contribution in [-0.2, 0) is 11.2 Å². The number of para-hydroxylation sites is 1. The zero-order valence-electron chi connectivity index (χ0n) is 11.3. The number of aromatic nitrogens is 1. The lowest BCUT2D eigenvalue weighted by molar-refractivity contribution is -0.138. The number of hydrogen-bond donors (Lipinski definition) is 3. The summed E-state index contributed by atoms with van der Waals surface area (Å²) in [6, 6.07) is 6.25. The van der Waals surface area contributed by atoms with Crippen LogP contribution in [0.15, 0.2) is 24.3 Å². The van der Waals surface area contributed by atoms with Crippen LogP contribution in [0.5, 0.6) is 0 Å². The average Bonchev–Trinajstić information content (AvgIpc) is 2.78. The zero-order chi connectivity index (χ0) is 14.7. The smallest absolute Gasteiger partial charge is 0.320 e. The highest BCUT2D eigenvalue weighted by Crippen LogP contribution is 2.24. The van der Waals surface area contributed by atoms with Gasteiger partial charge in [0.15, 0.2) is 5.78 Å². The van der Waals surface area contributed by atoms with E-state index < -0.39 is 12.0 Å². The minimum atomic E-state index is -1.10. The van der Waals surface area contributed by atoms with Gasteiger partial charge in [-0.25, -0.2) is 0 Å². The number of hydrogen-bond acceptors (Lipinski definition) is 3. The van der Waals surface area contributed by atoms with E-state index >= 15 is 0 Å². The summed E-state index contributed by atoms with van der Waals surface area (Å²) < 4.78 is 7.14. The Morgan fingerprint density at radius 1 is 1.47 bits per heavy atom. The SMILES string of the molecule is [2H]CCC(=O)c1[nH]c2ccccc2c1C[C@H](N)C(=O)O. The van der Waals surface area contributed by atoms with E-state index in [4.69, 9.17) is 12.2 Å². The molecule has 0 unspecified atom stereocenters. The number of H-pyrrole nitrogens is 1. The Hall–Kier alpha value is -2.14. The van der Waals surface area contributed by atoms with Gasteiger partial charge in [-0.1, -0.05) is 25.1 Å². The molecule has 1 atom stereocenters. The molecule has 5 heteroatoms. The van der Waals surface area contributed by atoms with Gasteiger partial charge in [-0.15, -0.1) is 0 Å². The van der Waals surface area contributed by atoms with E-state index in [9.17, 15) is 9.59 Å². The molecule has 0 aliphatic heterocycles. The number of carbonyl (C=O) groups is 2. The maximum absolute atomic E-state index is 12.0. The molecule has 4 N–H and O–H groups in total. The molecule has 19 heavy (non-hydrogen) atoms. The summed E-state index contributed by atoms with van der Waals surface area (Å²) in [5.74, 6) is -1.29. The second kappa shape index (κ2) is 5.24. The Labute approximate surface area is 111 Å². The molecule has 0 spiro atoms. The number of nitrogens with two attached hydrogens (primary N) is 1. The fourth-order valence-corrected chi connectivity index (χ4v) is 2.08. The molecule has 2 aromatic rings. The third kappa shape index (κ3) is 2.51. The van der Waals surface area contributed by atoms with Gasteiger partial charge in [-0.05, 0) is 11.6 Å². The predicted molar refractivity (Wildman–Crippen MR) is 72.2 cm³/mol. The number of aromatic amines is 1. The number of Topliss-reactive ketones (excluding diaryl/α,β-unsaturated/α-hetero) is 1. The summed E-state index contributed by atoms with van der Waals surface area (Å²) in [7, 11) is 0. The Morgan fingerprint density at radius 3 is 2.89 bits per heavy atom. The van der Waals surface area contributed by atoms with Gasteiger partial charge < -0.3 is 15.8 Å². The van der Waals surface area contributed by atoms with Gasteiger partial charge in [-0.2, -0.15) is 0 Å². The van der Waals surface area contributed by atoms with Crippen molar-refractivity contribution in [3.8, 4) is 0 Å². The first kappa shape index (κ1) is 11.9. The topological polar surface area (TPSA) is 96.2 Å². The Kier molecular flexibility index (Phi) is 3.29. The van der Waals surface area contributed by atoms with Crippen LogP contribution in [0.2, 0.25) is 0 Å². The van der Waals surface area contributed by atoms with Crippen molar-refractivity contribution >= 4 is 22.7 Å². The summed E-state index contributed by atoms with van der Waals surface area (Å²) >= 11 is 0. The highest BCUT2D eigenvalue weighted by molar-refractivity contribution is 6.02. The fraction of sp³-hybridized carbons (Fsp3) is 0.286. The van der Waals surface area contributed by atoms with Gasteiger partial charge in [0.2, 0.25) is 0 Å². The number of rotatable bonds is 5. The highest BCUT2D eigenvalue weighted by atomic mass is 16.4. The monoisotopic (exact) mass is 261 g/mol. The van der Waals surface area contributed by atoms with E-state index in [0.717, 1.165) is 10.9 Å². The highest BCUT2D eigenvalue weighted by Gasteiger charge is 2.21. The van der Waals surface area contributed by atoms with Gasteiger partial charge in [0.05, 0.1) is 5.69 Å². The molecule has 1 aromatic heterocycles. The molecule has 0 amide bonds. The molecular formula is C14H16N2O3. The molecule has 0 aliphatic carbocycles. The minimum Gasteiger partial charge on any atom is -0.480 e. The number of nitrogens with one attached hydrogen (secondary N) is 1. The average molecular weight is 261 g/mol. The number of aliphatic carboxylic acids is 1. The second-order valence-electron chi connectivity index (χ2n) is 4.35. The molecule has 1 heterocycles. The molecule has 100 valence electrons. The van der Waals surface area contributed by atoms with Gasteiger partial charge in [-0.3, -0.25) is 9.59 Å². The van der Waals surface area contributed by atoms with E-state index in [-0.39, 0.29) is 25.5 Å². The van der Waals surface area contributed by atoms with E-state index in [1.807, 2.05) is 24.3 Å². The normalized spacial score (nSPS) is 13.2. The summed E-state index contributed by atoms with van der Waals surface area (Å²) in [6.45, 7) is -0.00137. The van der Waals surface area contributed by atoms with Crippen molar-refractivity contribution < 1.29 is 16.1 Å². The molecule has 2 rings (SSSR count). The molecular weight excluding hydrogens is 244 g/mol. The van der Waals surface area contributed by atoms with Crippen molar-refractivity contribution in [3.63, 3.8) is 0 Å². The molecule has 1 aromatic carbocycles. The summed E-state index contributed by atoms with van der Waals surface area (Å²) in [4.78, 5) is 26.0. The number of carboxylic acid groups (broad SMARTS) is 1. The lowest BCUT2D eigenvalue weighted by Crippen LogP contribution is -2.32. The van der Waals surface area contributed by atoms with Crippen LogP contribution in [-0.4, -0.2) is 27.9 Å². The van der Waals surface area contributed by atoms with Gasteiger partial charge in [0.25, 0.3) is 0 Å². The van der Waals surface area contributed by atoms with E-state index in [1.54, 1.807) is 0 Å². The second-order valence-corrected chi connectivity index (χ2v) is 4.35. The van der Waals surface area contributed by atoms with Crippen LogP contribution < -0.4 is 5.73 Å². The summed E-state index contributed by atoms with van der Waals surface area (Å²) in [6.07, 6.45) is 0.181. The molecule has 0 radical (unpaired) electrons. The number of fused-ring (bicyclic) bond motifs is 1. The number of carboxylic acids is 1. The maximum atomic E-state index is 12.0. The van der Waals surface area contributed by atoms with Gasteiger partial charge in [0.1, 0.15) is 6.04 Å². The van der Waals surface area contributed by atoms with Gasteiger partial charge in [0, 0.05) is 25.1 Å². The van der Waals surface area contributed by atoms with Crippen molar-refractivity contribution in [2.45, 2.75) is 25.8 Å². The first-order valence-electron chi connectivity index (χ1n) is 6.65. The standard InChI is InChI=1S/C14H16N2O3/c1-2-12(17)13-9(7-10(15)14(18)19)8-5-3-4-6-11(8)16-13/h3-6,10,16H,2,7,15H2,1H3,(H,18,19)/t10-/m0/s1/i1D. The van der Waals surface area contributed by atoms with Crippen molar-refractivity contribution in [2.24, 2.45) is 5.73 Å². The fourth-order valence-electron chi connectivity index (χ4n) is 2.08. The number of ketones is 1. The zero-order valence-corrected chi connectivity index (χ0v) is 10.3. The van der Waals surface area contributed by atoms with Gasteiger partial charge >= 0.3 is 5.97 Å². The van der Waals surface area contributed by atoms with Crippen LogP contribution in [0, 0.1) is 0 Å². The number of benzene rings is 1.